The Bertz CT molecular complexity index is 224. The highest BCUT2D eigenvalue weighted by Crippen LogP contribution is 2.22. The van der Waals surface area contributed by atoms with Gasteiger partial charge in [-0.3, -0.25) is 5.32 Å². The average molecular weight is 209 g/mol. The Balaban J connectivity index is 2.53. The van der Waals surface area contributed by atoms with Crippen molar-refractivity contribution in [3.8, 4) is 6.07 Å². The van der Waals surface area contributed by atoms with E-state index in [0.29, 0.717) is 6.04 Å². The van der Waals surface area contributed by atoms with Crippen LogP contribution in [0, 0.1) is 11.3 Å². The minimum atomic E-state index is -0.263. The summed E-state index contributed by atoms with van der Waals surface area (Å²) in [7, 11) is 0. The van der Waals surface area contributed by atoms with E-state index in [1.807, 2.05) is 0 Å². The number of nitriles is 1. The standard InChI is InChI=1S/C12H23N3/c1-4-11(3)14-12(10-13)6-8-15(5-2)9-7-12/h11,14H,4-9H2,1-3H3. The van der Waals surface area contributed by atoms with Crippen molar-refractivity contribution in [2.24, 2.45) is 0 Å². The Morgan fingerprint density at radius 2 is 2.00 bits per heavy atom. The predicted octanol–water partition coefficient (Wildman–Crippen LogP) is 1.75. The topological polar surface area (TPSA) is 39.1 Å². The quantitative estimate of drug-likeness (QED) is 0.766. The van der Waals surface area contributed by atoms with Crippen LogP contribution < -0.4 is 5.32 Å². The van der Waals surface area contributed by atoms with Crippen LogP contribution in [0.1, 0.15) is 40.0 Å². The molecule has 86 valence electrons. The Morgan fingerprint density at radius 1 is 1.40 bits per heavy atom. The van der Waals surface area contributed by atoms with Gasteiger partial charge in [0.25, 0.3) is 0 Å². The zero-order valence-electron chi connectivity index (χ0n) is 10.2. The van der Waals surface area contributed by atoms with Crippen molar-refractivity contribution in [2.45, 2.75) is 51.6 Å². The summed E-state index contributed by atoms with van der Waals surface area (Å²) in [6, 6.07) is 2.93. The van der Waals surface area contributed by atoms with E-state index in [-0.39, 0.29) is 5.54 Å². The highest BCUT2D eigenvalue weighted by Gasteiger charge is 2.34. The molecule has 3 nitrogen and oxygen atoms in total. The second kappa shape index (κ2) is 5.48. The maximum absolute atomic E-state index is 9.31. The highest BCUT2D eigenvalue weighted by molar-refractivity contribution is 5.10. The minimum absolute atomic E-state index is 0.263. The fraction of sp³-hybridized carbons (Fsp3) is 0.917. The highest BCUT2D eigenvalue weighted by atomic mass is 15.2. The summed E-state index contributed by atoms with van der Waals surface area (Å²) >= 11 is 0. The number of hydrogen-bond donors (Lipinski definition) is 1. The largest absolute Gasteiger partial charge is 0.303 e. The molecule has 0 radical (unpaired) electrons. The summed E-state index contributed by atoms with van der Waals surface area (Å²) in [4.78, 5) is 2.41. The molecule has 1 fully saturated rings. The minimum Gasteiger partial charge on any atom is -0.303 e. The van der Waals surface area contributed by atoms with Gasteiger partial charge in [-0.2, -0.15) is 5.26 Å². The van der Waals surface area contributed by atoms with E-state index in [0.717, 1.165) is 38.9 Å². The monoisotopic (exact) mass is 209 g/mol. The van der Waals surface area contributed by atoms with Crippen molar-refractivity contribution in [3.63, 3.8) is 0 Å². The second-order valence-electron chi connectivity index (χ2n) is 4.58. The Labute approximate surface area is 93.5 Å². The van der Waals surface area contributed by atoms with E-state index in [2.05, 4.69) is 37.1 Å². The van der Waals surface area contributed by atoms with Gasteiger partial charge in [0, 0.05) is 19.1 Å². The Hall–Kier alpha value is -0.590. The SMILES string of the molecule is CCC(C)NC1(C#N)CCN(CC)CC1. The van der Waals surface area contributed by atoms with Gasteiger partial charge in [-0.25, -0.2) is 0 Å². The number of piperidine rings is 1. The molecule has 3 heteroatoms. The van der Waals surface area contributed by atoms with Crippen molar-refractivity contribution in [1.82, 2.24) is 10.2 Å². The van der Waals surface area contributed by atoms with Gasteiger partial charge in [-0.1, -0.05) is 13.8 Å². The summed E-state index contributed by atoms with van der Waals surface area (Å²) in [6.45, 7) is 9.70. The van der Waals surface area contributed by atoms with Gasteiger partial charge in [0.2, 0.25) is 0 Å². The van der Waals surface area contributed by atoms with E-state index < -0.39 is 0 Å². The lowest BCUT2D eigenvalue weighted by atomic mass is 9.88. The average Bonchev–Trinajstić information content (AvgIpc) is 2.30. The summed E-state index contributed by atoms with van der Waals surface area (Å²) in [5, 5.41) is 12.8. The summed E-state index contributed by atoms with van der Waals surface area (Å²) in [5.74, 6) is 0. The summed E-state index contributed by atoms with van der Waals surface area (Å²) < 4.78 is 0. The van der Waals surface area contributed by atoms with Gasteiger partial charge in [0.15, 0.2) is 0 Å². The molecule has 0 spiro atoms. The molecule has 1 saturated heterocycles. The van der Waals surface area contributed by atoms with Crippen LogP contribution in [0.15, 0.2) is 0 Å². The molecule has 1 unspecified atom stereocenters. The summed E-state index contributed by atoms with van der Waals surface area (Å²) in [6.07, 6.45) is 3.00. The van der Waals surface area contributed by atoms with E-state index in [9.17, 15) is 5.26 Å². The van der Waals surface area contributed by atoms with E-state index in [1.54, 1.807) is 0 Å². The Morgan fingerprint density at radius 3 is 2.40 bits per heavy atom. The first kappa shape index (κ1) is 12.5. The van der Waals surface area contributed by atoms with E-state index in [1.165, 1.54) is 0 Å². The smallest absolute Gasteiger partial charge is 0.109 e. The lowest BCUT2D eigenvalue weighted by Gasteiger charge is -2.39. The first-order chi connectivity index (χ1) is 7.15. The van der Waals surface area contributed by atoms with Gasteiger partial charge in [-0.15, -0.1) is 0 Å². The molecule has 1 atom stereocenters. The van der Waals surface area contributed by atoms with E-state index >= 15 is 0 Å². The molecule has 1 aliphatic heterocycles. The third-order valence-corrected chi connectivity index (χ3v) is 3.51. The molecule has 0 aromatic rings. The van der Waals surface area contributed by atoms with Crippen LogP contribution in [-0.4, -0.2) is 36.1 Å². The van der Waals surface area contributed by atoms with Crippen LogP contribution in [0.25, 0.3) is 0 Å². The fourth-order valence-corrected chi connectivity index (χ4v) is 2.11. The first-order valence-electron chi connectivity index (χ1n) is 6.07. The maximum atomic E-state index is 9.31. The van der Waals surface area contributed by atoms with Gasteiger partial charge >= 0.3 is 0 Å². The number of hydrogen-bond acceptors (Lipinski definition) is 3. The second-order valence-corrected chi connectivity index (χ2v) is 4.58. The molecule has 0 aromatic carbocycles. The van der Waals surface area contributed by atoms with Gasteiger partial charge < -0.3 is 4.90 Å². The van der Waals surface area contributed by atoms with Crippen molar-refractivity contribution < 1.29 is 0 Å². The molecule has 0 amide bonds. The lowest BCUT2D eigenvalue weighted by Crippen LogP contribution is -2.54. The molecule has 0 bridgehead atoms. The zero-order valence-corrected chi connectivity index (χ0v) is 10.2. The van der Waals surface area contributed by atoms with Crippen molar-refractivity contribution in [3.05, 3.63) is 0 Å². The normalized spacial score (nSPS) is 23.3. The van der Waals surface area contributed by atoms with Crippen LogP contribution in [0.3, 0.4) is 0 Å². The van der Waals surface area contributed by atoms with Crippen molar-refractivity contribution >= 4 is 0 Å². The van der Waals surface area contributed by atoms with Gasteiger partial charge in [-0.05, 0) is 32.7 Å². The third-order valence-electron chi connectivity index (χ3n) is 3.51. The predicted molar refractivity (Wildman–Crippen MR) is 62.6 cm³/mol. The lowest BCUT2D eigenvalue weighted by molar-refractivity contribution is 0.164. The Kier molecular flexibility index (Phi) is 4.56. The van der Waals surface area contributed by atoms with Gasteiger partial charge in [0.1, 0.15) is 5.54 Å². The number of nitrogens with zero attached hydrogens (tertiary/aromatic N) is 2. The van der Waals surface area contributed by atoms with Gasteiger partial charge in [0.05, 0.1) is 6.07 Å². The van der Waals surface area contributed by atoms with Crippen LogP contribution in [-0.2, 0) is 0 Å². The molecule has 1 N–H and O–H groups in total. The molecule has 0 saturated carbocycles. The summed E-state index contributed by atoms with van der Waals surface area (Å²) in [5.41, 5.74) is -0.263. The maximum Gasteiger partial charge on any atom is 0.109 e. The molecule has 15 heavy (non-hydrogen) atoms. The fourth-order valence-electron chi connectivity index (χ4n) is 2.11. The molecule has 0 aliphatic carbocycles. The molecule has 1 heterocycles. The zero-order chi connectivity index (χ0) is 11.3. The van der Waals surface area contributed by atoms with Crippen LogP contribution in [0.5, 0.6) is 0 Å². The van der Waals surface area contributed by atoms with Crippen LogP contribution in [0.4, 0.5) is 0 Å². The molecular weight excluding hydrogens is 186 g/mol. The van der Waals surface area contributed by atoms with E-state index in [4.69, 9.17) is 0 Å². The molecule has 1 aliphatic rings. The van der Waals surface area contributed by atoms with Crippen LogP contribution in [0.2, 0.25) is 0 Å². The van der Waals surface area contributed by atoms with Crippen LogP contribution >= 0.6 is 0 Å². The molecule has 0 aromatic heterocycles. The number of rotatable bonds is 4. The van der Waals surface area contributed by atoms with Crippen molar-refractivity contribution in [2.75, 3.05) is 19.6 Å². The molecule has 1 rings (SSSR count). The molecular formula is C12H23N3. The first-order valence-corrected chi connectivity index (χ1v) is 6.07. The third kappa shape index (κ3) is 3.19. The number of nitrogens with one attached hydrogen (secondary N) is 1. The number of likely N-dealkylation sites (tertiary alicyclic amines) is 1. The van der Waals surface area contributed by atoms with Crippen molar-refractivity contribution in [1.29, 1.82) is 5.26 Å².